The van der Waals surface area contributed by atoms with Crippen LogP contribution in [0.4, 0.5) is 28.9 Å². The molecule has 2 aromatic carbocycles. The van der Waals surface area contributed by atoms with Crippen molar-refractivity contribution in [2.24, 2.45) is 0 Å². The summed E-state index contributed by atoms with van der Waals surface area (Å²) in [6, 6.07) is 8.56. The number of alkyl halides is 3. The summed E-state index contributed by atoms with van der Waals surface area (Å²) in [7, 11) is 0. The summed E-state index contributed by atoms with van der Waals surface area (Å²) >= 11 is 0. The van der Waals surface area contributed by atoms with Crippen molar-refractivity contribution in [2.45, 2.75) is 20.0 Å². The van der Waals surface area contributed by atoms with Crippen molar-refractivity contribution in [3.63, 3.8) is 0 Å². The van der Waals surface area contributed by atoms with E-state index in [0.29, 0.717) is 15.9 Å². The van der Waals surface area contributed by atoms with Gasteiger partial charge in [-0.3, -0.25) is 9.59 Å². The molecule has 0 unspecified atom stereocenters. The predicted molar refractivity (Wildman–Crippen MR) is 99.8 cm³/mol. The Kier molecular flexibility index (Phi) is 5.54. The van der Waals surface area contributed by atoms with E-state index in [1.807, 2.05) is 0 Å². The van der Waals surface area contributed by atoms with Crippen LogP contribution in [0.1, 0.15) is 28.7 Å². The monoisotopic (exact) mass is 421 g/mol. The molecule has 11 heteroatoms. The zero-order chi connectivity index (χ0) is 22.1. The topological polar surface area (TPSA) is 88.9 Å². The number of aromatic nitrogens is 3. The minimum atomic E-state index is -4.96. The van der Waals surface area contributed by atoms with Gasteiger partial charge in [0.25, 0.3) is 5.91 Å². The summed E-state index contributed by atoms with van der Waals surface area (Å²) in [5.41, 5.74) is -1.22. The number of carbonyl (C=O) groups is 2. The Morgan fingerprint density at radius 2 is 1.70 bits per heavy atom. The number of aryl methyl sites for hydroxylation is 1. The number of hydrogen-bond donors (Lipinski definition) is 2. The van der Waals surface area contributed by atoms with Crippen LogP contribution in [-0.2, 0) is 11.0 Å². The fraction of sp³-hybridized carbons (Fsp3) is 0.158. The maximum Gasteiger partial charge on any atom is 0.435 e. The molecule has 156 valence electrons. The highest BCUT2D eigenvalue weighted by Crippen LogP contribution is 2.33. The molecule has 0 aliphatic heterocycles. The van der Waals surface area contributed by atoms with Gasteiger partial charge in [-0.25, -0.2) is 9.07 Å². The zero-order valence-corrected chi connectivity index (χ0v) is 15.7. The van der Waals surface area contributed by atoms with Crippen molar-refractivity contribution in [3.05, 3.63) is 65.2 Å². The molecule has 7 nitrogen and oxygen atoms in total. The van der Waals surface area contributed by atoms with Crippen molar-refractivity contribution in [2.75, 3.05) is 10.6 Å². The number of benzene rings is 2. The first-order valence-corrected chi connectivity index (χ1v) is 8.54. The summed E-state index contributed by atoms with van der Waals surface area (Å²) in [5.74, 6) is -2.13. The number of nitrogens with zero attached hydrogens (tertiary/aromatic N) is 3. The number of anilines is 2. The third kappa shape index (κ3) is 4.45. The van der Waals surface area contributed by atoms with Crippen LogP contribution in [-0.4, -0.2) is 26.8 Å². The van der Waals surface area contributed by atoms with Crippen molar-refractivity contribution in [3.8, 4) is 5.69 Å². The molecular formula is C19H15F4N5O2. The van der Waals surface area contributed by atoms with Gasteiger partial charge in [0.05, 0.1) is 5.69 Å². The fourth-order valence-corrected chi connectivity index (χ4v) is 2.67. The van der Waals surface area contributed by atoms with Crippen molar-refractivity contribution in [1.29, 1.82) is 0 Å². The Morgan fingerprint density at radius 1 is 1.03 bits per heavy atom. The first-order chi connectivity index (χ1) is 14.1. The molecule has 0 spiro atoms. The lowest BCUT2D eigenvalue weighted by Crippen LogP contribution is -2.21. The quantitative estimate of drug-likeness (QED) is 0.625. The van der Waals surface area contributed by atoms with E-state index < -0.39 is 29.3 Å². The second kappa shape index (κ2) is 7.93. The fourth-order valence-electron chi connectivity index (χ4n) is 2.67. The molecule has 0 fully saturated rings. The van der Waals surface area contributed by atoms with E-state index in [1.54, 1.807) is 13.0 Å². The molecule has 2 amide bonds. The molecule has 2 N–H and O–H groups in total. The summed E-state index contributed by atoms with van der Waals surface area (Å²) in [6.45, 7) is 3.01. The van der Waals surface area contributed by atoms with Gasteiger partial charge in [0.1, 0.15) is 5.82 Å². The molecule has 1 heterocycles. The van der Waals surface area contributed by atoms with Gasteiger partial charge in [-0.05, 0) is 48.9 Å². The van der Waals surface area contributed by atoms with Gasteiger partial charge in [-0.15, -0.1) is 5.10 Å². The number of nitrogens with one attached hydrogen (secondary N) is 2. The average molecular weight is 421 g/mol. The molecule has 30 heavy (non-hydrogen) atoms. The number of amides is 2. The zero-order valence-electron chi connectivity index (χ0n) is 15.7. The van der Waals surface area contributed by atoms with Crippen LogP contribution in [0, 0.1) is 12.7 Å². The van der Waals surface area contributed by atoms with Gasteiger partial charge in [0.15, 0.2) is 11.4 Å². The summed E-state index contributed by atoms with van der Waals surface area (Å²) in [4.78, 5) is 23.8. The highest BCUT2D eigenvalue weighted by molar-refractivity contribution is 6.04. The normalized spacial score (nSPS) is 11.3. The molecule has 3 aromatic rings. The Labute approximate surface area is 167 Å². The molecule has 0 aliphatic carbocycles. The summed E-state index contributed by atoms with van der Waals surface area (Å²) in [6.07, 6.45) is -4.96. The molecule has 0 saturated carbocycles. The van der Waals surface area contributed by atoms with Gasteiger partial charge in [0, 0.05) is 18.3 Å². The predicted octanol–water partition coefficient (Wildman–Crippen LogP) is 3.94. The van der Waals surface area contributed by atoms with Crippen molar-refractivity contribution < 1.29 is 27.2 Å². The lowest BCUT2D eigenvalue weighted by molar-refractivity contribution is -0.143. The SMILES string of the molecule is CC(=O)Nc1cc(NC(=O)c2nnn(-c3ccc(F)cc3)c2C(F)(F)F)ccc1C. The molecule has 0 radical (unpaired) electrons. The highest BCUT2D eigenvalue weighted by atomic mass is 19.4. The second-order valence-corrected chi connectivity index (χ2v) is 6.34. The van der Waals surface area contributed by atoms with E-state index in [0.717, 1.165) is 24.3 Å². The van der Waals surface area contributed by atoms with Crippen LogP contribution in [0.3, 0.4) is 0 Å². The van der Waals surface area contributed by atoms with Gasteiger partial charge in [-0.1, -0.05) is 11.3 Å². The summed E-state index contributed by atoms with van der Waals surface area (Å²) < 4.78 is 54.5. The average Bonchev–Trinajstić information content (AvgIpc) is 3.10. The first kappa shape index (κ1) is 21.0. The number of carbonyl (C=O) groups excluding carboxylic acids is 2. The summed E-state index contributed by atoms with van der Waals surface area (Å²) in [5, 5.41) is 11.7. The molecule has 0 aliphatic rings. The maximum atomic E-state index is 13.7. The van der Waals surface area contributed by atoms with E-state index in [-0.39, 0.29) is 17.3 Å². The minimum Gasteiger partial charge on any atom is -0.326 e. The van der Waals surface area contributed by atoms with Gasteiger partial charge in [0.2, 0.25) is 5.91 Å². The van der Waals surface area contributed by atoms with E-state index in [9.17, 15) is 27.2 Å². The van der Waals surface area contributed by atoms with Crippen LogP contribution in [0.5, 0.6) is 0 Å². The second-order valence-electron chi connectivity index (χ2n) is 6.34. The first-order valence-electron chi connectivity index (χ1n) is 8.54. The number of rotatable bonds is 4. The van der Waals surface area contributed by atoms with Crippen LogP contribution in [0.2, 0.25) is 0 Å². The van der Waals surface area contributed by atoms with Crippen molar-refractivity contribution >= 4 is 23.2 Å². The largest absolute Gasteiger partial charge is 0.435 e. The Morgan fingerprint density at radius 3 is 2.30 bits per heavy atom. The lowest BCUT2D eigenvalue weighted by atomic mass is 10.1. The van der Waals surface area contributed by atoms with E-state index in [4.69, 9.17) is 0 Å². The molecule has 1 aromatic heterocycles. The number of hydrogen-bond acceptors (Lipinski definition) is 4. The van der Waals surface area contributed by atoms with E-state index in [1.165, 1.54) is 19.1 Å². The van der Waals surface area contributed by atoms with Gasteiger partial charge in [-0.2, -0.15) is 13.2 Å². The van der Waals surface area contributed by atoms with Crippen molar-refractivity contribution in [1.82, 2.24) is 15.0 Å². The molecule has 0 bridgehead atoms. The molecule has 3 rings (SSSR count). The Hall–Kier alpha value is -3.76. The third-order valence-corrected chi connectivity index (χ3v) is 4.03. The number of halogens is 4. The van der Waals surface area contributed by atoms with Crippen LogP contribution < -0.4 is 10.6 Å². The Bertz CT molecular complexity index is 1110. The van der Waals surface area contributed by atoms with Gasteiger partial charge < -0.3 is 10.6 Å². The molecular weight excluding hydrogens is 406 g/mol. The standard InChI is InChI=1S/C19H15F4N5O2/c1-10-3-6-13(9-15(10)24-11(2)29)25-18(30)16-17(19(21,22)23)28(27-26-16)14-7-4-12(20)5-8-14/h3-9H,1-2H3,(H,24,29)(H,25,30). The van der Waals surface area contributed by atoms with E-state index >= 15 is 0 Å². The van der Waals surface area contributed by atoms with Crippen LogP contribution in [0.25, 0.3) is 5.69 Å². The van der Waals surface area contributed by atoms with Gasteiger partial charge >= 0.3 is 6.18 Å². The van der Waals surface area contributed by atoms with E-state index in [2.05, 4.69) is 20.9 Å². The maximum absolute atomic E-state index is 13.7. The lowest BCUT2D eigenvalue weighted by Gasteiger charge is -2.12. The Balaban J connectivity index is 1.97. The smallest absolute Gasteiger partial charge is 0.326 e. The third-order valence-electron chi connectivity index (χ3n) is 4.03. The minimum absolute atomic E-state index is 0.112. The van der Waals surface area contributed by atoms with Crippen LogP contribution >= 0.6 is 0 Å². The van der Waals surface area contributed by atoms with Crippen LogP contribution in [0.15, 0.2) is 42.5 Å². The molecule has 0 atom stereocenters. The molecule has 0 saturated heterocycles. The highest BCUT2D eigenvalue weighted by Gasteiger charge is 2.42.